The minimum absolute atomic E-state index is 0. The summed E-state index contributed by atoms with van der Waals surface area (Å²) in [5, 5.41) is 1.12. The number of benzene rings is 1. The number of nitrogens with zero attached hydrogens (tertiary/aromatic N) is 4. The predicted molar refractivity (Wildman–Crippen MR) is 115 cm³/mol. The molecule has 1 aliphatic heterocycles. The molecule has 7 heteroatoms. The first-order chi connectivity index (χ1) is 11.7. The molecule has 3 rings (SSSR count). The lowest BCUT2D eigenvalue weighted by Crippen LogP contribution is -2.33. The third-order valence-electron chi connectivity index (χ3n) is 4.71. The smallest absolute Gasteiger partial charge is 0.139 e. The Labute approximate surface area is 169 Å². The van der Waals surface area contributed by atoms with Crippen molar-refractivity contribution in [3.8, 4) is 0 Å². The van der Waals surface area contributed by atoms with Crippen LogP contribution in [0.25, 0.3) is 10.9 Å². The fourth-order valence-electron chi connectivity index (χ4n) is 3.66. The van der Waals surface area contributed by atoms with Gasteiger partial charge in [-0.15, -0.1) is 24.8 Å². The van der Waals surface area contributed by atoms with E-state index in [1.807, 2.05) is 6.07 Å². The van der Waals surface area contributed by atoms with Crippen LogP contribution in [0.4, 0.5) is 5.82 Å². The molecule has 1 unspecified atom stereocenters. The predicted octanol–water partition coefficient (Wildman–Crippen LogP) is 3.14. The van der Waals surface area contributed by atoms with Gasteiger partial charge in [-0.2, -0.15) is 0 Å². The van der Waals surface area contributed by atoms with Gasteiger partial charge >= 0.3 is 0 Å². The number of rotatable bonds is 7. The number of halogens is 2. The zero-order valence-corrected chi connectivity index (χ0v) is 17.4. The summed E-state index contributed by atoms with van der Waals surface area (Å²) in [4.78, 5) is 14.3. The van der Waals surface area contributed by atoms with Crippen LogP contribution in [0.1, 0.15) is 25.6 Å². The maximum atomic E-state index is 5.70. The Balaban J connectivity index is 0.00000169. The third-order valence-corrected chi connectivity index (χ3v) is 4.71. The summed E-state index contributed by atoms with van der Waals surface area (Å²) in [7, 11) is 2.14. The van der Waals surface area contributed by atoms with E-state index in [1.165, 1.54) is 32.5 Å². The summed E-state index contributed by atoms with van der Waals surface area (Å²) in [6.45, 7) is 7.59. The number of para-hydroxylation sites is 1. The summed E-state index contributed by atoms with van der Waals surface area (Å²) < 4.78 is 0. The Kier molecular flexibility index (Phi) is 9.58. The Morgan fingerprint density at radius 1 is 1.15 bits per heavy atom. The summed E-state index contributed by atoms with van der Waals surface area (Å²) in [5.74, 6) is 2.47. The molecule has 1 aliphatic rings. The molecule has 0 spiro atoms. The van der Waals surface area contributed by atoms with Gasteiger partial charge in [0.1, 0.15) is 11.6 Å². The van der Waals surface area contributed by atoms with E-state index in [1.54, 1.807) is 0 Å². The highest BCUT2D eigenvalue weighted by Crippen LogP contribution is 2.24. The van der Waals surface area contributed by atoms with Gasteiger partial charge in [-0.3, -0.25) is 0 Å². The normalized spacial score (nSPS) is 15.3. The van der Waals surface area contributed by atoms with Crippen molar-refractivity contribution in [2.75, 3.05) is 44.7 Å². The number of hydrogen-bond acceptors (Lipinski definition) is 5. The fraction of sp³-hybridized carbons (Fsp3) is 0.579. The van der Waals surface area contributed by atoms with Crippen LogP contribution in [0.2, 0.25) is 0 Å². The van der Waals surface area contributed by atoms with Crippen LogP contribution in [0.15, 0.2) is 24.3 Å². The monoisotopic (exact) mass is 399 g/mol. The Bertz CT molecular complexity index is 676. The molecule has 0 radical (unpaired) electrons. The van der Waals surface area contributed by atoms with Crippen LogP contribution >= 0.6 is 24.8 Å². The molecular weight excluding hydrogens is 369 g/mol. The number of anilines is 1. The van der Waals surface area contributed by atoms with Crippen molar-refractivity contribution in [2.45, 2.75) is 26.2 Å². The van der Waals surface area contributed by atoms with Gasteiger partial charge in [0, 0.05) is 31.9 Å². The van der Waals surface area contributed by atoms with Gasteiger partial charge < -0.3 is 15.5 Å². The van der Waals surface area contributed by atoms with E-state index in [9.17, 15) is 0 Å². The number of fused-ring (bicyclic) bond motifs is 1. The van der Waals surface area contributed by atoms with Crippen molar-refractivity contribution in [3.63, 3.8) is 0 Å². The van der Waals surface area contributed by atoms with Crippen LogP contribution in [0.3, 0.4) is 0 Å². The lowest BCUT2D eigenvalue weighted by atomic mass is 10.1. The summed E-state index contributed by atoms with van der Waals surface area (Å²) >= 11 is 0. The number of aromatic nitrogens is 2. The van der Waals surface area contributed by atoms with Crippen molar-refractivity contribution >= 4 is 41.5 Å². The summed E-state index contributed by atoms with van der Waals surface area (Å²) in [5.41, 5.74) is 6.71. The van der Waals surface area contributed by atoms with E-state index in [0.717, 1.165) is 35.5 Å². The minimum atomic E-state index is 0. The second kappa shape index (κ2) is 10.9. The van der Waals surface area contributed by atoms with Crippen molar-refractivity contribution in [1.82, 2.24) is 14.9 Å². The molecule has 146 valence electrons. The van der Waals surface area contributed by atoms with E-state index in [4.69, 9.17) is 10.7 Å². The SMILES string of the molecule is CC(CN1CCCC1)CN(C)c1nc(CCN)nc2ccccc12.Cl.Cl. The summed E-state index contributed by atoms with van der Waals surface area (Å²) in [6, 6.07) is 8.25. The first kappa shape index (κ1) is 22.9. The van der Waals surface area contributed by atoms with Crippen LogP contribution in [-0.4, -0.2) is 54.6 Å². The first-order valence-electron chi connectivity index (χ1n) is 9.06. The topological polar surface area (TPSA) is 58.3 Å². The van der Waals surface area contributed by atoms with Gasteiger partial charge in [-0.1, -0.05) is 19.1 Å². The molecule has 1 saturated heterocycles. The highest BCUT2D eigenvalue weighted by molar-refractivity contribution is 5.89. The number of nitrogens with two attached hydrogens (primary N) is 1. The van der Waals surface area contributed by atoms with Gasteiger partial charge in [-0.25, -0.2) is 9.97 Å². The summed E-state index contributed by atoms with van der Waals surface area (Å²) in [6.07, 6.45) is 3.41. The van der Waals surface area contributed by atoms with Gasteiger partial charge in [-0.05, 0) is 50.5 Å². The molecular formula is C19H31Cl2N5. The standard InChI is InChI=1S/C19H29N5.2ClH/c1-15(14-24-11-5-6-12-24)13-23(2)19-16-7-3-4-8-17(16)21-18(22-19)9-10-20;;/h3-4,7-8,15H,5-6,9-14,20H2,1-2H3;2*1H. The van der Waals surface area contributed by atoms with Gasteiger partial charge in [0.2, 0.25) is 0 Å². The molecule has 0 saturated carbocycles. The van der Waals surface area contributed by atoms with Crippen LogP contribution < -0.4 is 10.6 Å². The Morgan fingerprint density at radius 2 is 1.85 bits per heavy atom. The van der Waals surface area contributed by atoms with Crippen LogP contribution in [0, 0.1) is 5.92 Å². The van der Waals surface area contributed by atoms with Gasteiger partial charge in [0.25, 0.3) is 0 Å². The fourth-order valence-corrected chi connectivity index (χ4v) is 3.66. The molecule has 26 heavy (non-hydrogen) atoms. The van der Waals surface area contributed by atoms with Crippen molar-refractivity contribution in [2.24, 2.45) is 11.7 Å². The zero-order chi connectivity index (χ0) is 16.9. The molecule has 1 fully saturated rings. The van der Waals surface area contributed by atoms with Gasteiger partial charge in [0.05, 0.1) is 5.52 Å². The second-order valence-corrected chi connectivity index (χ2v) is 7.01. The van der Waals surface area contributed by atoms with Gasteiger partial charge in [0.15, 0.2) is 0 Å². The molecule has 5 nitrogen and oxygen atoms in total. The van der Waals surface area contributed by atoms with Crippen LogP contribution in [0.5, 0.6) is 0 Å². The lowest BCUT2D eigenvalue weighted by molar-refractivity contribution is 0.290. The van der Waals surface area contributed by atoms with Crippen LogP contribution in [-0.2, 0) is 6.42 Å². The van der Waals surface area contributed by atoms with Crippen molar-refractivity contribution in [3.05, 3.63) is 30.1 Å². The van der Waals surface area contributed by atoms with E-state index >= 15 is 0 Å². The maximum absolute atomic E-state index is 5.70. The highest BCUT2D eigenvalue weighted by atomic mass is 35.5. The third kappa shape index (κ3) is 5.68. The Morgan fingerprint density at radius 3 is 2.54 bits per heavy atom. The largest absolute Gasteiger partial charge is 0.359 e. The zero-order valence-electron chi connectivity index (χ0n) is 15.7. The maximum Gasteiger partial charge on any atom is 0.139 e. The lowest BCUT2D eigenvalue weighted by Gasteiger charge is -2.27. The molecule has 2 heterocycles. The first-order valence-corrected chi connectivity index (χ1v) is 9.06. The number of hydrogen-bond donors (Lipinski definition) is 1. The molecule has 1 atom stereocenters. The molecule has 0 bridgehead atoms. The molecule has 2 aromatic rings. The van der Waals surface area contributed by atoms with E-state index in [0.29, 0.717) is 12.5 Å². The molecule has 2 N–H and O–H groups in total. The van der Waals surface area contributed by atoms with E-state index < -0.39 is 0 Å². The Hall–Kier alpha value is -1.14. The molecule has 0 aliphatic carbocycles. The van der Waals surface area contributed by atoms with Crippen molar-refractivity contribution < 1.29 is 0 Å². The second-order valence-electron chi connectivity index (χ2n) is 7.01. The average molecular weight is 400 g/mol. The van der Waals surface area contributed by atoms with E-state index in [2.05, 4.69) is 47.0 Å². The van der Waals surface area contributed by atoms with E-state index in [-0.39, 0.29) is 24.8 Å². The highest BCUT2D eigenvalue weighted by Gasteiger charge is 2.18. The molecule has 1 aromatic heterocycles. The minimum Gasteiger partial charge on any atom is -0.359 e. The van der Waals surface area contributed by atoms with Crippen molar-refractivity contribution in [1.29, 1.82) is 0 Å². The molecule has 0 amide bonds. The average Bonchev–Trinajstić information content (AvgIpc) is 3.07. The quantitative estimate of drug-likeness (QED) is 0.774. The molecule has 1 aromatic carbocycles. The number of likely N-dealkylation sites (tertiary alicyclic amines) is 1.